The number of nitrogens with one attached hydrogen (secondary N) is 1. The van der Waals surface area contributed by atoms with Crippen molar-refractivity contribution in [2.24, 2.45) is 0 Å². The second-order valence-electron chi connectivity index (χ2n) is 5.36. The molecule has 0 bridgehead atoms. The van der Waals surface area contributed by atoms with Crippen LogP contribution in [0.3, 0.4) is 0 Å². The highest BCUT2D eigenvalue weighted by Gasteiger charge is 2.33. The maximum absolute atomic E-state index is 12.1. The van der Waals surface area contributed by atoms with Crippen molar-refractivity contribution in [3.05, 3.63) is 35.9 Å². The SMILES string of the molecule is CC(C)NC1CC(=O)N(C(C)c2ccccc2)C1. The summed E-state index contributed by atoms with van der Waals surface area (Å²) >= 11 is 0. The quantitative estimate of drug-likeness (QED) is 0.884. The fourth-order valence-corrected chi connectivity index (χ4v) is 2.60. The van der Waals surface area contributed by atoms with Crippen LogP contribution in [0.2, 0.25) is 0 Å². The molecule has 0 spiro atoms. The van der Waals surface area contributed by atoms with Crippen LogP contribution in [0.15, 0.2) is 30.3 Å². The van der Waals surface area contributed by atoms with Crippen LogP contribution in [0.5, 0.6) is 0 Å². The molecule has 1 aromatic carbocycles. The molecule has 1 fully saturated rings. The Balaban J connectivity index is 2.04. The first-order chi connectivity index (χ1) is 8.58. The van der Waals surface area contributed by atoms with Crippen LogP contribution in [0.25, 0.3) is 0 Å². The molecule has 1 N–H and O–H groups in total. The molecular weight excluding hydrogens is 224 g/mol. The molecule has 18 heavy (non-hydrogen) atoms. The third kappa shape index (κ3) is 2.91. The molecule has 3 heteroatoms. The van der Waals surface area contributed by atoms with Gasteiger partial charge in [-0.25, -0.2) is 0 Å². The molecule has 0 aromatic heterocycles. The molecular formula is C15H22N2O. The summed E-state index contributed by atoms with van der Waals surface area (Å²) in [5.74, 6) is 0.254. The average molecular weight is 246 g/mol. The number of likely N-dealkylation sites (tertiary alicyclic amines) is 1. The van der Waals surface area contributed by atoms with E-state index in [2.05, 4.69) is 38.2 Å². The van der Waals surface area contributed by atoms with E-state index in [1.54, 1.807) is 0 Å². The molecule has 2 unspecified atom stereocenters. The Morgan fingerprint density at radius 2 is 1.89 bits per heavy atom. The summed E-state index contributed by atoms with van der Waals surface area (Å²) in [6, 6.07) is 11.1. The van der Waals surface area contributed by atoms with E-state index in [1.165, 1.54) is 5.56 Å². The minimum atomic E-state index is 0.165. The molecule has 2 atom stereocenters. The average Bonchev–Trinajstić information content (AvgIpc) is 2.69. The monoisotopic (exact) mass is 246 g/mol. The zero-order valence-corrected chi connectivity index (χ0v) is 11.4. The van der Waals surface area contributed by atoms with Crippen LogP contribution >= 0.6 is 0 Å². The van der Waals surface area contributed by atoms with Gasteiger partial charge in [0.2, 0.25) is 5.91 Å². The number of amides is 1. The molecule has 3 nitrogen and oxygen atoms in total. The minimum Gasteiger partial charge on any atom is -0.334 e. The van der Waals surface area contributed by atoms with E-state index in [-0.39, 0.29) is 11.9 Å². The van der Waals surface area contributed by atoms with Crippen LogP contribution in [0, 0.1) is 0 Å². The number of nitrogens with zero attached hydrogens (tertiary/aromatic N) is 1. The third-order valence-corrected chi connectivity index (χ3v) is 3.48. The smallest absolute Gasteiger partial charge is 0.224 e. The Morgan fingerprint density at radius 1 is 1.22 bits per heavy atom. The van der Waals surface area contributed by atoms with Crippen molar-refractivity contribution in [1.29, 1.82) is 0 Å². The third-order valence-electron chi connectivity index (χ3n) is 3.48. The van der Waals surface area contributed by atoms with Crippen molar-refractivity contribution in [2.45, 2.75) is 45.3 Å². The van der Waals surface area contributed by atoms with E-state index in [1.807, 2.05) is 23.1 Å². The van der Waals surface area contributed by atoms with Gasteiger partial charge in [-0.1, -0.05) is 44.2 Å². The number of hydrogen-bond donors (Lipinski definition) is 1. The Kier molecular flexibility index (Phi) is 4.02. The van der Waals surface area contributed by atoms with Crippen LogP contribution in [-0.2, 0) is 4.79 Å². The molecule has 0 saturated carbocycles. The molecule has 1 aromatic rings. The maximum Gasteiger partial charge on any atom is 0.224 e. The van der Waals surface area contributed by atoms with Crippen molar-refractivity contribution < 1.29 is 4.79 Å². The normalized spacial score (nSPS) is 21.7. The van der Waals surface area contributed by atoms with Gasteiger partial charge in [0.05, 0.1) is 6.04 Å². The maximum atomic E-state index is 12.1. The van der Waals surface area contributed by atoms with Gasteiger partial charge >= 0.3 is 0 Å². The van der Waals surface area contributed by atoms with Gasteiger partial charge in [0.1, 0.15) is 0 Å². The van der Waals surface area contributed by atoms with Gasteiger partial charge in [0.25, 0.3) is 0 Å². The van der Waals surface area contributed by atoms with Gasteiger partial charge in [0, 0.05) is 25.0 Å². The second-order valence-corrected chi connectivity index (χ2v) is 5.36. The lowest BCUT2D eigenvalue weighted by atomic mass is 10.1. The topological polar surface area (TPSA) is 32.3 Å². The molecule has 2 rings (SSSR count). The van der Waals surface area contributed by atoms with E-state index in [4.69, 9.17) is 0 Å². The highest BCUT2D eigenvalue weighted by Crippen LogP contribution is 2.25. The first kappa shape index (κ1) is 13.1. The van der Waals surface area contributed by atoms with Crippen molar-refractivity contribution in [1.82, 2.24) is 10.2 Å². The molecule has 1 aliphatic rings. The number of rotatable bonds is 4. The summed E-state index contributed by atoms with van der Waals surface area (Å²) < 4.78 is 0. The van der Waals surface area contributed by atoms with Gasteiger partial charge < -0.3 is 10.2 Å². The Bertz CT molecular complexity index is 402. The summed E-state index contributed by atoms with van der Waals surface area (Å²) in [6.07, 6.45) is 0.620. The van der Waals surface area contributed by atoms with Gasteiger partial charge in [-0.3, -0.25) is 4.79 Å². The predicted molar refractivity (Wildman–Crippen MR) is 73.2 cm³/mol. The van der Waals surface area contributed by atoms with E-state index in [0.717, 1.165) is 6.54 Å². The van der Waals surface area contributed by atoms with Crippen molar-refractivity contribution in [3.63, 3.8) is 0 Å². The highest BCUT2D eigenvalue weighted by molar-refractivity contribution is 5.79. The second kappa shape index (κ2) is 5.53. The summed E-state index contributed by atoms with van der Waals surface area (Å²) in [5, 5.41) is 3.45. The predicted octanol–water partition coefficient (Wildman–Crippen LogP) is 2.35. The Morgan fingerprint density at radius 3 is 2.50 bits per heavy atom. The largest absolute Gasteiger partial charge is 0.334 e. The van der Waals surface area contributed by atoms with Crippen molar-refractivity contribution in [2.75, 3.05) is 6.54 Å². The minimum absolute atomic E-state index is 0.165. The van der Waals surface area contributed by atoms with Crippen molar-refractivity contribution in [3.8, 4) is 0 Å². The van der Waals surface area contributed by atoms with E-state index in [9.17, 15) is 4.79 Å². The molecule has 98 valence electrons. The lowest BCUT2D eigenvalue weighted by molar-refractivity contribution is -0.129. The zero-order chi connectivity index (χ0) is 13.1. The Labute approximate surface area is 109 Å². The summed E-state index contributed by atoms with van der Waals surface area (Å²) in [7, 11) is 0. The lowest BCUT2D eigenvalue weighted by Crippen LogP contribution is -2.37. The summed E-state index contributed by atoms with van der Waals surface area (Å²) in [4.78, 5) is 14.0. The number of carbonyl (C=O) groups excluding carboxylic acids is 1. The van der Waals surface area contributed by atoms with E-state index < -0.39 is 0 Å². The first-order valence-corrected chi connectivity index (χ1v) is 6.68. The van der Waals surface area contributed by atoms with Gasteiger partial charge in [-0.2, -0.15) is 0 Å². The fraction of sp³-hybridized carbons (Fsp3) is 0.533. The number of benzene rings is 1. The van der Waals surface area contributed by atoms with Crippen LogP contribution in [0.4, 0.5) is 0 Å². The van der Waals surface area contributed by atoms with Crippen LogP contribution < -0.4 is 5.32 Å². The van der Waals surface area contributed by atoms with Gasteiger partial charge in [-0.05, 0) is 12.5 Å². The lowest BCUT2D eigenvalue weighted by Gasteiger charge is -2.25. The van der Waals surface area contributed by atoms with Crippen LogP contribution in [0.1, 0.15) is 38.8 Å². The van der Waals surface area contributed by atoms with E-state index >= 15 is 0 Å². The number of hydrogen-bond acceptors (Lipinski definition) is 2. The molecule has 1 heterocycles. The molecule has 1 aliphatic heterocycles. The van der Waals surface area contributed by atoms with Gasteiger partial charge in [0.15, 0.2) is 0 Å². The van der Waals surface area contributed by atoms with Crippen molar-refractivity contribution >= 4 is 5.91 Å². The number of carbonyl (C=O) groups is 1. The van der Waals surface area contributed by atoms with E-state index in [0.29, 0.717) is 18.5 Å². The summed E-state index contributed by atoms with van der Waals surface area (Å²) in [5.41, 5.74) is 1.20. The zero-order valence-electron chi connectivity index (χ0n) is 11.4. The molecule has 1 saturated heterocycles. The molecule has 1 amide bonds. The first-order valence-electron chi connectivity index (χ1n) is 6.68. The molecule has 0 radical (unpaired) electrons. The highest BCUT2D eigenvalue weighted by atomic mass is 16.2. The standard InChI is InChI=1S/C15H22N2O/c1-11(2)16-14-9-15(18)17(10-14)12(3)13-7-5-4-6-8-13/h4-8,11-12,14,16H,9-10H2,1-3H3. The summed E-state index contributed by atoms with van der Waals surface area (Å²) in [6.45, 7) is 7.15. The molecule has 0 aliphatic carbocycles. The van der Waals surface area contributed by atoms with Crippen LogP contribution in [-0.4, -0.2) is 29.4 Å². The van der Waals surface area contributed by atoms with Gasteiger partial charge in [-0.15, -0.1) is 0 Å². The fourth-order valence-electron chi connectivity index (χ4n) is 2.60. The Hall–Kier alpha value is -1.35.